The van der Waals surface area contributed by atoms with Crippen LogP contribution in [0, 0.1) is 5.92 Å². The lowest BCUT2D eigenvalue weighted by molar-refractivity contribution is -0.133. The quantitative estimate of drug-likeness (QED) is 0.256. The normalized spacial score (nSPS) is 16.9. The predicted octanol–water partition coefficient (Wildman–Crippen LogP) is 2.09. The lowest BCUT2D eigenvalue weighted by atomic mass is 10.2. The molecule has 29 heavy (non-hydrogen) atoms. The summed E-state index contributed by atoms with van der Waals surface area (Å²) in [5.41, 5.74) is 0.873. The van der Waals surface area contributed by atoms with Gasteiger partial charge in [0, 0.05) is 50.8 Å². The summed E-state index contributed by atoms with van der Waals surface area (Å²) >= 11 is 0. The van der Waals surface area contributed by atoms with Gasteiger partial charge in [-0.2, -0.15) is 0 Å². The molecule has 160 valence electrons. The molecule has 0 bridgehead atoms. The van der Waals surface area contributed by atoms with Crippen LogP contribution in [0.3, 0.4) is 0 Å². The maximum absolute atomic E-state index is 12.2. The first-order chi connectivity index (χ1) is 13.6. The molecule has 8 nitrogen and oxygen atoms in total. The van der Waals surface area contributed by atoms with Gasteiger partial charge in [0.2, 0.25) is 5.91 Å². The van der Waals surface area contributed by atoms with E-state index in [1.165, 1.54) is 0 Å². The zero-order valence-corrected chi connectivity index (χ0v) is 19.8. The van der Waals surface area contributed by atoms with Crippen LogP contribution >= 0.6 is 24.0 Å². The number of nitrogens with zero attached hydrogens (tertiary/aromatic N) is 5. The minimum absolute atomic E-state index is 0. The van der Waals surface area contributed by atoms with Crippen molar-refractivity contribution in [3.8, 4) is 0 Å². The SMILES string of the molecule is CCNC(=NCCCc1nnc2ccccn12)NC1CCN(C(=O)C(C)C)C1.I. The van der Waals surface area contributed by atoms with Crippen molar-refractivity contribution in [2.45, 2.75) is 46.1 Å². The number of fused-ring (bicyclic) bond motifs is 1. The minimum Gasteiger partial charge on any atom is -0.357 e. The van der Waals surface area contributed by atoms with Crippen molar-refractivity contribution in [2.75, 3.05) is 26.2 Å². The van der Waals surface area contributed by atoms with E-state index in [0.29, 0.717) is 6.54 Å². The molecule has 1 aliphatic heterocycles. The summed E-state index contributed by atoms with van der Waals surface area (Å²) in [5, 5.41) is 15.2. The summed E-state index contributed by atoms with van der Waals surface area (Å²) in [6.07, 6.45) is 4.67. The van der Waals surface area contributed by atoms with Crippen LogP contribution < -0.4 is 10.6 Å². The first-order valence-corrected chi connectivity index (χ1v) is 10.2. The van der Waals surface area contributed by atoms with Gasteiger partial charge in [-0.3, -0.25) is 14.2 Å². The fourth-order valence-electron chi connectivity index (χ4n) is 3.45. The Morgan fingerprint density at radius 3 is 2.93 bits per heavy atom. The van der Waals surface area contributed by atoms with E-state index in [0.717, 1.165) is 56.3 Å². The largest absolute Gasteiger partial charge is 0.357 e. The fraction of sp³-hybridized carbons (Fsp3) is 0.600. The third-order valence-corrected chi connectivity index (χ3v) is 4.89. The van der Waals surface area contributed by atoms with Gasteiger partial charge in [-0.25, -0.2) is 0 Å². The third kappa shape index (κ3) is 6.28. The van der Waals surface area contributed by atoms with Crippen LogP contribution in [0.5, 0.6) is 0 Å². The average molecular weight is 513 g/mol. The molecule has 1 fully saturated rings. The Labute approximate surface area is 189 Å². The van der Waals surface area contributed by atoms with Gasteiger partial charge in [-0.15, -0.1) is 34.2 Å². The summed E-state index contributed by atoms with van der Waals surface area (Å²) in [5.74, 6) is 2.06. The standard InChI is InChI=1S/C20H31N7O.HI/c1-4-21-20(23-16-10-13-26(14-16)19(28)15(2)3)22-11-7-9-18-25-24-17-8-5-6-12-27(17)18;/h5-6,8,12,15-16H,4,7,9-11,13-14H2,1-3H3,(H2,21,22,23);1H. The number of likely N-dealkylation sites (tertiary alicyclic amines) is 1. The number of guanidine groups is 1. The van der Waals surface area contributed by atoms with Crippen molar-refractivity contribution >= 4 is 41.5 Å². The molecule has 0 aliphatic carbocycles. The highest BCUT2D eigenvalue weighted by Gasteiger charge is 2.27. The number of pyridine rings is 1. The highest BCUT2D eigenvalue weighted by Crippen LogP contribution is 2.12. The summed E-state index contributed by atoms with van der Waals surface area (Å²) in [4.78, 5) is 18.8. The highest BCUT2D eigenvalue weighted by atomic mass is 127. The fourth-order valence-corrected chi connectivity index (χ4v) is 3.45. The molecule has 1 amide bonds. The molecule has 1 unspecified atom stereocenters. The number of amides is 1. The van der Waals surface area contributed by atoms with Crippen molar-refractivity contribution in [3.05, 3.63) is 30.2 Å². The number of nitrogens with one attached hydrogen (secondary N) is 2. The second-order valence-electron chi connectivity index (χ2n) is 7.48. The molecule has 1 saturated heterocycles. The van der Waals surface area contributed by atoms with Crippen LogP contribution in [0.15, 0.2) is 29.4 Å². The van der Waals surface area contributed by atoms with E-state index in [1.807, 2.05) is 47.5 Å². The van der Waals surface area contributed by atoms with E-state index in [4.69, 9.17) is 4.99 Å². The van der Waals surface area contributed by atoms with Crippen LogP contribution in [0.25, 0.3) is 5.65 Å². The molecular formula is C20H32IN7O. The van der Waals surface area contributed by atoms with Gasteiger partial charge in [-0.05, 0) is 31.9 Å². The van der Waals surface area contributed by atoms with Crippen molar-refractivity contribution in [2.24, 2.45) is 10.9 Å². The number of rotatable bonds is 7. The lowest BCUT2D eigenvalue weighted by Gasteiger charge is -2.20. The van der Waals surface area contributed by atoms with Crippen molar-refractivity contribution in [1.29, 1.82) is 0 Å². The second kappa shape index (κ2) is 11.3. The molecule has 3 rings (SSSR count). The van der Waals surface area contributed by atoms with Crippen LogP contribution in [0.4, 0.5) is 0 Å². The van der Waals surface area contributed by atoms with Gasteiger partial charge in [0.15, 0.2) is 11.6 Å². The maximum atomic E-state index is 12.2. The number of aryl methyl sites for hydroxylation is 1. The zero-order chi connectivity index (χ0) is 19.9. The number of aliphatic imine (C=N–C) groups is 1. The van der Waals surface area contributed by atoms with Crippen LogP contribution in [-0.2, 0) is 11.2 Å². The van der Waals surface area contributed by atoms with Crippen molar-refractivity contribution in [1.82, 2.24) is 30.1 Å². The van der Waals surface area contributed by atoms with Gasteiger partial charge in [0.05, 0.1) is 0 Å². The number of carbonyl (C=O) groups is 1. The first kappa shape index (κ1) is 23.4. The Balaban J connectivity index is 0.00000300. The Morgan fingerprint density at radius 2 is 2.17 bits per heavy atom. The minimum atomic E-state index is 0. The van der Waals surface area contributed by atoms with E-state index in [2.05, 4.69) is 27.8 Å². The molecule has 0 spiro atoms. The molecule has 9 heteroatoms. The predicted molar refractivity (Wildman–Crippen MR) is 126 cm³/mol. The number of carbonyl (C=O) groups excluding carboxylic acids is 1. The Kier molecular flexibility index (Phi) is 9.12. The average Bonchev–Trinajstić information content (AvgIpc) is 3.32. The molecule has 2 N–H and O–H groups in total. The zero-order valence-electron chi connectivity index (χ0n) is 17.5. The molecule has 2 aromatic heterocycles. The van der Waals surface area contributed by atoms with E-state index < -0.39 is 0 Å². The van der Waals surface area contributed by atoms with Crippen molar-refractivity contribution < 1.29 is 4.79 Å². The van der Waals surface area contributed by atoms with E-state index >= 15 is 0 Å². The van der Waals surface area contributed by atoms with Gasteiger partial charge in [0.1, 0.15) is 5.82 Å². The Hall–Kier alpha value is -1.91. The number of aromatic nitrogens is 3. The third-order valence-electron chi connectivity index (χ3n) is 4.89. The van der Waals surface area contributed by atoms with Crippen LogP contribution in [0.1, 0.15) is 39.4 Å². The smallest absolute Gasteiger partial charge is 0.225 e. The Bertz CT molecular complexity index is 820. The maximum Gasteiger partial charge on any atom is 0.225 e. The molecule has 3 heterocycles. The second-order valence-corrected chi connectivity index (χ2v) is 7.48. The molecule has 0 aromatic carbocycles. The van der Waals surface area contributed by atoms with Crippen LogP contribution in [-0.4, -0.2) is 63.6 Å². The number of hydrogen-bond donors (Lipinski definition) is 2. The van der Waals surface area contributed by atoms with Gasteiger partial charge in [0.25, 0.3) is 0 Å². The highest BCUT2D eigenvalue weighted by molar-refractivity contribution is 14.0. The molecule has 1 atom stereocenters. The topological polar surface area (TPSA) is 86.9 Å². The van der Waals surface area contributed by atoms with E-state index in [9.17, 15) is 4.79 Å². The van der Waals surface area contributed by atoms with Gasteiger partial charge in [-0.1, -0.05) is 19.9 Å². The summed E-state index contributed by atoms with van der Waals surface area (Å²) in [6, 6.07) is 6.16. The monoisotopic (exact) mass is 513 g/mol. The summed E-state index contributed by atoms with van der Waals surface area (Å²) in [6.45, 7) is 9.03. The summed E-state index contributed by atoms with van der Waals surface area (Å²) in [7, 11) is 0. The summed E-state index contributed by atoms with van der Waals surface area (Å²) < 4.78 is 2.02. The molecule has 1 aliphatic rings. The molecular weight excluding hydrogens is 481 g/mol. The number of hydrogen-bond acceptors (Lipinski definition) is 4. The number of halogens is 1. The van der Waals surface area contributed by atoms with Crippen LogP contribution in [0.2, 0.25) is 0 Å². The Morgan fingerprint density at radius 1 is 1.34 bits per heavy atom. The molecule has 2 aromatic rings. The first-order valence-electron chi connectivity index (χ1n) is 10.2. The molecule has 0 radical (unpaired) electrons. The van der Waals surface area contributed by atoms with Crippen molar-refractivity contribution in [3.63, 3.8) is 0 Å². The molecule has 0 saturated carbocycles. The van der Waals surface area contributed by atoms with Gasteiger partial charge < -0.3 is 15.5 Å². The lowest BCUT2D eigenvalue weighted by Crippen LogP contribution is -2.45. The van der Waals surface area contributed by atoms with E-state index in [-0.39, 0.29) is 41.8 Å². The van der Waals surface area contributed by atoms with Gasteiger partial charge >= 0.3 is 0 Å². The van der Waals surface area contributed by atoms with E-state index in [1.54, 1.807) is 0 Å².